The maximum Gasteiger partial charge on any atom is 0.412 e. The maximum absolute atomic E-state index is 12.6. The smallest absolute Gasteiger partial charge is 0.412 e. The average Bonchev–Trinajstić information content (AvgIpc) is 3.37. The maximum atomic E-state index is 12.6. The molecule has 1 aliphatic heterocycles. The highest BCUT2D eigenvalue weighted by Gasteiger charge is 2.32. The van der Waals surface area contributed by atoms with Crippen LogP contribution in [-0.4, -0.2) is 70.0 Å². The van der Waals surface area contributed by atoms with Crippen molar-refractivity contribution in [2.24, 2.45) is 0 Å². The van der Waals surface area contributed by atoms with Gasteiger partial charge in [-0.15, -0.1) is 11.3 Å². The number of thiazole rings is 1. The van der Waals surface area contributed by atoms with E-state index in [1.807, 2.05) is 45.0 Å². The number of amides is 3. The number of hydrogen-bond acceptors (Lipinski definition) is 6. The van der Waals surface area contributed by atoms with Gasteiger partial charge < -0.3 is 15.3 Å². The predicted octanol–water partition coefficient (Wildman–Crippen LogP) is 4.22. The summed E-state index contributed by atoms with van der Waals surface area (Å²) in [5.74, 6) is -0.0486. The molecule has 0 unspecified atom stereocenters. The standard InChI is InChI=1S/C26H37N5O4S/c1-17(32)27-24-28-20(22(36-24)16-30-15-7-8-21(30)23(33)29(5)6)14-11-18-9-12-19(13-10-18)31(25(34)35)26(2,3)4/h9-10,12-13,21H,7-8,11,14-16H2,1-6H3,(H,34,35)(H,27,28,32)/t21-/m0/s1. The van der Waals surface area contributed by atoms with Crippen LogP contribution in [0.5, 0.6) is 0 Å². The number of aromatic nitrogens is 1. The fourth-order valence-corrected chi connectivity index (χ4v) is 5.62. The van der Waals surface area contributed by atoms with Gasteiger partial charge in [0, 0.05) is 43.7 Å². The second-order valence-corrected chi connectivity index (χ2v) is 11.5. The van der Waals surface area contributed by atoms with Gasteiger partial charge in [-0.25, -0.2) is 9.78 Å². The van der Waals surface area contributed by atoms with Gasteiger partial charge >= 0.3 is 6.09 Å². The van der Waals surface area contributed by atoms with Gasteiger partial charge in [-0.2, -0.15) is 0 Å². The summed E-state index contributed by atoms with van der Waals surface area (Å²) in [5.41, 5.74) is 2.06. The van der Waals surface area contributed by atoms with E-state index in [4.69, 9.17) is 4.98 Å². The number of nitrogens with one attached hydrogen (secondary N) is 1. The molecule has 196 valence electrons. The topological polar surface area (TPSA) is 106 Å². The fraction of sp³-hybridized carbons (Fsp3) is 0.538. The lowest BCUT2D eigenvalue weighted by Crippen LogP contribution is -2.45. The van der Waals surface area contributed by atoms with Crippen molar-refractivity contribution in [1.82, 2.24) is 14.8 Å². The monoisotopic (exact) mass is 515 g/mol. The zero-order chi connectivity index (χ0) is 26.6. The third-order valence-electron chi connectivity index (χ3n) is 6.20. The lowest BCUT2D eigenvalue weighted by atomic mass is 10.0. The molecule has 10 heteroatoms. The Bertz CT molecular complexity index is 1090. The van der Waals surface area contributed by atoms with Crippen molar-refractivity contribution >= 4 is 40.1 Å². The summed E-state index contributed by atoms with van der Waals surface area (Å²) in [6.07, 6.45) is 2.23. The third kappa shape index (κ3) is 6.82. The van der Waals surface area contributed by atoms with Gasteiger partial charge in [0.25, 0.3) is 0 Å². The molecule has 0 saturated carbocycles. The van der Waals surface area contributed by atoms with Crippen LogP contribution < -0.4 is 10.2 Å². The quantitative estimate of drug-likeness (QED) is 0.545. The van der Waals surface area contributed by atoms with E-state index in [0.29, 0.717) is 23.8 Å². The molecule has 0 bridgehead atoms. The molecule has 1 saturated heterocycles. The molecule has 2 heterocycles. The zero-order valence-electron chi connectivity index (χ0n) is 22.0. The van der Waals surface area contributed by atoms with Gasteiger partial charge in [-0.3, -0.25) is 19.4 Å². The van der Waals surface area contributed by atoms with Gasteiger partial charge in [0.2, 0.25) is 11.8 Å². The van der Waals surface area contributed by atoms with Gasteiger partial charge in [0.15, 0.2) is 5.13 Å². The Morgan fingerprint density at radius 3 is 2.39 bits per heavy atom. The number of carboxylic acid groups (broad SMARTS) is 1. The van der Waals surface area contributed by atoms with Crippen LogP contribution >= 0.6 is 11.3 Å². The highest BCUT2D eigenvalue weighted by molar-refractivity contribution is 7.15. The Kier molecular flexibility index (Phi) is 8.73. The number of benzene rings is 1. The first-order valence-corrected chi connectivity index (χ1v) is 13.0. The Hall–Kier alpha value is -2.98. The Morgan fingerprint density at radius 1 is 1.17 bits per heavy atom. The van der Waals surface area contributed by atoms with Crippen molar-refractivity contribution < 1.29 is 19.5 Å². The minimum absolute atomic E-state index is 0.117. The number of anilines is 2. The van der Waals surface area contributed by atoms with Crippen molar-refractivity contribution in [3.05, 3.63) is 40.4 Å². The SMILES string of the molecule is CC(=O)Nc1nc(CCc2ccc(N(C(=O)O)C(C)(C)C)cc2)c(CN2CCC[C@H]2C(=O)N(C)C)s1. The van der Waals surface area contributed by atoms with Gasteiger partial charge in [-0.1, -0.05) is 12.1 Å². The molecule has 3 amide bonds. The van der Waals surface area contributed by atoms with Crippen molar-refractivity contribution in [1.29, 1.82) is 0 Å². The lowest BCUT2D eigenvalue weighted by Gasteiger charge is -2.33. The summed E-state index contributed by atoms with van der Waals surface area (Å²) >= 11 is 1.46. The summed E-state index contributed by atoms with van der Waals surface area (Å²) in [6.45, 7) is 8.53. The lowest BCUT2D eigenvalue weighted by molar-refractivity contribution is -0.133. The number of likely N-dealkylation sites (tertiary alicyclic amines) is 1. The van der Waals surface area contributed by atoms with E-state index in [0.717, 1.165) is 41.9 Å². The van der Waals surface area contributed by atoms with Crippen LogP contribution in [0.1, 0.15) is 56.7 Å². The molecule has 2 aromatic rings. The Balaban J connectivity index is 1.76. The average molecular weight is 516 g/mol. The van der Waals surface area contributed by atoms with Crippen LogP contribution in [0.15, 0.2) is 24.3 Å². The number of carbonyl (C=O) groups is 3. The van der Waals surface area contributed by atoms with E-state index in [-0.39, 0.29) is 17.9 Å². The van der Waals surface area contributed by atoms with E-state index < -0.39 is 11.6 Å². The minimum atomic E-state index is -0.985. The number of aryl methyl sites for hydroxylation is 2. The first-order chi connectivity index (χ1) is 16.9. The van der Waals surface area contributed by atoms with Crippen LogP contribution in [0.4, 0.5) is 15.6 Å². The summed E-state index contributed by atoms with van der Waals surface area (Å²) in [7, 11) is 3.57. The zero-order valence-corrected chi connectivity index (χ0v) is 22.8. The van der Waals surface area contributed by atoms with Gasteiger partial charge in [0.05, 0.1) is 11.7 Å². The van der Waals surface area contributed by atoms with Crippen LogP contribution in [0.3, 0.4) is 0 Å². The molecular weight excluding hydrogens is 478 g/mol. The van der Waals surface area contributed by atoms with E-state index >= 15 is 0 Å². The van der Waals surface area contributed by atoms with E-state index in [2.05, 4.69) is 10.2 Å². The molecule has 9 nitrogen and oxygen atoms in total. The molecule has 1 atom stereocenters. The molecule has 2 N–H and O–H groups in total. The molecule has 0 spiro atoms. The number of nitrogens with zero attached hydrogens (tertiary/aromatic N) is 4. The van der Waals surface area contributed by atoms with Crippen LogP contribution in [0.25, 0.3) is 0 Å². The Labute approximate surface area is 217 Å². The number of hydrogen-bond donors (Lipinski definition) is 2. The summed E-state index contributed by atoms with van der Waals surface area (Å²) in [4.78, 5) is 47.0. The van der Waals surface area contributed by atoms with Crippen LogP contribution in [0.2, 0.25) is 0 Å². The third-order valence-corrected chi connectivity index (χ3v) is 7.20. The molecule has 1 aromatic heterocycles. The first-order valence-electron chi connectivity index (χ1n) is 12.2. The molecule has 1 aliphatic rings. The van der Waals surface area contributed by atoms with Crippen molar-refractivity contribution in [3.63, 3.8) is 0 Å². The molecule has 1 fully saturated rings. The first kappa shape index (κ1) is 27.6. The van der Waals surface area contributed by atoms with Crippen molar-refractivity contribution in [3.8, 4) is 0 Å². The highest BCUT2D eigenvalue weighted by atomic mass is 32.1. The highest BCUT2D eigenvalue weighted by Crippen LogP contribution is 2.30. The predicted molar refractivity (Wildman–Crippen MR) is 143 cm³/mol. The van der Waals surface area contributed by atoms with Gasteiger partial charge in [0.1, 0.15) is 0 Å². The molecule has 1 aromatic carbocycles. The summed E-state index contributed by atoms with van der Waals surface area (Å²) < 4.78 is 0. The molecule has 0 radical (unpaired) electrons. The van der Waals surface area contributed by atoms with Gasteiger partial charge in [-0.05, 0) is 70.7 Å². The summed E-state index contributed by atoms with van der Waals surface area (Å²) in [5, 5.41) is 13.0. The largest absolute Gasteiger partial charge is 0.465 e. The fourth-order valence-electron chi connectivity index (χ4n) is 4.54. The number of rotatable bonds is 8. The Morgan fingerprint density at radius 2 is 1.83 bits per heavy atom. The van der Waals surface area contributed by atoms with Crippen molar-refractivity contribution in [2.45, 2.75) is 71.5 Å². The second kappa shape index (κ2) is 11.4. The van der Waals surface area contributed by atoms with E-state index in [1.165, 1.54) is 23.2 Å². The van der Waals surface area contributed by atoms with Crippen molar-refractivity contribution in [2.75, 3.05) is 30.9 Å². The molecule has 3 rings (SSSR count). The molecular formula is C26H37N5O4S. The van der Waals surface area contributed by atoms with E-state index in [1.54, 1.807) is 19.0 Å². The summed E-state index contributed by atoms with van der Waals surface area (Å²) in [6, 6.07) is 7.43. The van der Waals surface area contributed by atoms with Crippen LogP contribution in [-0.2, 0) is 29.0 Å². The molecule has 0 aliphatic carbocycles. The normalized spacial score (nSPS) is 16.1. The molecule has 36 heavy (non-hydrogen) atoms. The van der Waals surface area contributed by atoms with Crippen LogP contribution in [0, 0.1) is 0 Å². The number of likely N-dealkylation sites (N-methyl/N-ethyl adjacent to an activating group) is 1. The second-order valence-electron chi connectivity index (χ2n) is 10.4. The van der Waals surface area contributed by atoms with E-state index in [9.17, 15) is 19.5 Å². The number of carbonyl (C=O) groups excluding carboxylic acids is 2. The minimum Gasteiger partial charge on any atom is -0.465 e.